The van der Waals surface area contributed by atoms with E-state index in [-0.39, 0.29) is 24.5 Å². The standard InChI is InChI=1S/C24H35N3O5/c25-24(31)32-21(12-17-9-5-2-6-10-17)23(30)27-20(15-28)14-18-13-19(26-22(18)29)11-16-7-3-1-4-8-16/h1,3-4,7-8,17-21,28H,2,5-6,9-15H2,(H2,25,31)(H,26,29)(H,27,30)/t18?,19?,20?,21-/m0/s1. The average molecular weight is 446 g/mol. The molecule has 3 unspecified atom stereocenters. The summed E-state index contributed by atoms with van der Waals surface area (Å²) in [5, 5.41) is 15.6. The fraction of sp³-hybridized carbons (Fsp3) is 0.625. The monoisotopic (exact) mass is 445 g/mol. The van der Waals surface area contributed by atoms with Crippen LogP contribution in [0.15, 0.2) is 30.3 Å². The number of benzene rings is 1. The van der Waals surface area contributed by atoms with E-state index in [2.05, 4.69) is 10.6 Å². The minimum Gasteiger partial charge on any atom is -0.436 e. The Balaban J connectivity index is 1.53. The molecule has 1 aromatic rings. The summed E-state index contributed by atoms with van der Waals surface area (Å²) in [6.07, 6.45) is 5.58. The second-order valence-electron chi connectivity index (χ2n) is 9.12. The Morgan fingerprint density at radius 1 is 1.16 bits per heavy atom. The summed E-state index contributed by atoms with van der Waals surface area (Å²) in [5.41, 5.74) is 6.34. The highest BCUT2D eigenvalue weighted by atomic mass is 16.6. The number of amides is 3. The molecule has 3 rings (SSSR count). The van der Waals surface area contributed by atoms with Crippen molar-refractivity contribution in [1.29, 1.82) is 0 Å². The van der Waals surface area contributed by atoms with Crippen LogP contribution in [0.3, 0.4) is 0 Å². The van der Waals surface area contributed by atoms with Gasteiger partial charge in [0, 0.05) is 12.0 Å². The van der Waals surface area contributed by atoms with Crippen LogP contribution in [0.5, 0.6) is 0 Å². The maximum atomic E-state index is 12.8. The molecule has 1 aromatic carbocycles. The van der Waals surface area contributed by atoms with Gasteiger partial charge in [-0.3, -0.25) is 9.59 Å². The van der Waals surface area contributed by atoms with Gasteiger partial charge in [0.05, 0.1) is 12.6 Å². The van der Waals surface area contributed by atoms with Gasteiger partial charge in [-0.2, -0.15) is 0 Å². The minimum atomic E-state index is -0.986. The van der Waals surface area contributed by atoms with E-state index in [1.165, 1.54) is 6.42 Å². The molecule has 5 N–H and O–H groups in total. The zero-order valence-corrected chi connectivity index (χ0v) is 18.5. The van der Waals surface area contributed by atoms with E-state index >= 15 is 0 Å². The zero-order valence-electron chi connectivity index (χ0n) is 18.5. The molecule has 0 aromatic heterocycles. The van der Waals surface area contributed by atoms with E-state index in [4.69, 9.17) is 10.5 Å². The number of aliphatic hydroxyl groups is 1. The van der Waals surface area contributed by atoms with Crippen molar-refractivity contribution in [3.63, 3.8) is 0 Å². The summed E-state index contributed by atoms with van der Waals surface area (Å²) < 4.78 is 5.10. The molecule has 1 heterocycles. The van der Waals surface area contributed by atoms with Crippen molar-refractivity contribution < 1.29 is 24.2 Å². The van der Waals surface area contributed by atoms with Gasteiger partial charge in [0.1, 0.15) is 0 Å². The second kappa shape index (κ2) is 11.9. The van der Waals surface area contributed by atoms with Crippen LogP contribution in [0.2, 0.25) is 0 Å². The molecule has 1 saturated carbocycles. The highest BCUT2D eigenvalue weighted by Crippen LogP contribution is 2.28. The second-order valence-corrected chi connectivity index (χ2v) is 9.12. The first kappa shape index (κ1) is 24.0. The van der Waals surface area contributed by atoms with Crippen LogP contribution in [-0.2, 0) is 20.7 Å². The summed E-state index contributed by atoms with van der Waals surface area (Å²) in [7, 11) is 0. The topological polar surface area (TPSA) is 131 Å². The first-order valence-electron chi connectivity index (χ1n) is 11.7. The molecular formula is C24H35N3O5. The quantitative estimate of drug-likeness (QED) is 0.438. The molecule has 1 saturated heterocycles. The third-order valence-electron chi connectivity index (χ3n) is 6.57. The summed E-state index contributed by atoms with van der Waals surface area (Å²) in [5.74, 6) is -0.515. The third-order valence-corrected chi connectivity index (χ3v) is 6.57. The lowest BCUT2D eigenvalue weighted by Gasteiger charge is -2.27. The molecule has 0 spiro atoms. The van der Waals surface area contributed by atoms with Crippen molar-refractivity contribution in [2.75, 3.05) is 6.61 Å². The molecule has 32 heavy (non-hydrogen) atoms. The Hall–Kier alpha value is -2.61. The number of nitrogens with two attached hydrogens (primary N) is 1. The molecule has 176 valence electrons. The van der Waals surface area contributed by atoms with Gasteiger partial charge in [-0.15, -0.1) is 0 Å². The van der Waals surface area contributed by atoms with Crippen LogP contribution < -0.4 is 16.4 Å². The summed E-state index contributed by atoms with van der Waals surface area (Å²) >= 11 is 0. The number of carbonyl (C=O) groups is 3. The average Bonchev–Trinajstić information content (AvgIpc) is 3.12. The van der Waals surface area contributed by atoms with Gasteiger partial charge in [-0.1, -0.05) is 62.4 Å². The van der Waals surface area contributed by atoms with Gasteiger partial charge in [0.2, 0.25) is 5.91 Å². The lowest BCUT2D eigenvalue weighted by molar-refractivity contribution is -0.132. The Morgan fingerprint density at radius 2 is 1.88 bits per heavy atom. The first-order valence-corrected chi connectivity index (χ1v) is 11.7. The Bertz CT molecular complexity index is 766. The van der Waals surface area contributed by atoms with Crippen molar-refractivity contribution >= 4 is 17.9 Å². The summed E-state index contributed by atoms with van der Waals surface area (Å²) in [4.78, 5) is 36.6. The van der Waals surface area contributed by atoms with Gasteiger partial charge >= 0.3 is 6.09 Å². The van der Waals surface area contributed by atoms with Gasteiger partial charge < -0.3 is 26.2 Å². The molecule has 4 atom stereocenters. The number of ether oxygens (including phenoxy) is 1. The van der Waals surface area contributed by atoms with E-state index in [1.54, 1.807) is 0 Å². The van der Waals surface area contributed by atoms with Crippen LogP contribution in [0, 0.1) is 11.8 Å². The Kier molecular flexibility index (Phi) is 8.90. The molecule has 2 fully saturated rings. The molecule has 3 amide bonds. The fourth-order valence-corrected chi connectivity index (χ4v) is 4.96. The van der Waals surface area contributed by atoms with Gasteiger partial charge in [0.15, 0.2) is 6.10 Å². The first-order chi connectivity index (χ1) is 15.4. The maximum Gasteiger partial charge on any atom is 0.405 e. The third kappa shape index (κ3) is 7.22. The van der Waals surface area contributed by atoms with Crippen LogP contribution >= 0.6 is 0 Å². The largest absolute Gasteiger partial charge is 0.436 e. The number of hydrogen-bond donors (Lipinski definition) is 4. The molecule has 1 aliphatic carbocycles. The lowest BCUT2D eigenvalue weighted by atomic mass is 9.85. The zero-order chi connectivity index (χ0) is 22.9. The highest BCUT2D eigenvalue weighted by Gasteiger charge is 2.35. The number of rotatable bonds is 10. The van der Waals surface area contributed by atoms with Crippen molar-refractivity contribution in [3.05, 3.63) is 35.9 Å². The normalized spacial score (nSPS) is 23.2. The predicted octanol–water partition coefficient (Wildman–Crippen LogP) is 2.04. The molecule has 1 aliphatic heterocycles. The molecule has 0 bridgehead atoms. The fourth-order valence-electron chi connectivity index (χ4n) is 4.96. The Morgan fingerprint density at radius 3 is 2.53 bits per heavy atom. The van der Waals surface area contributed by atoms with E-state index < -0.39 is 24.1 Å². The van der Waals surface area contributed by atoms with Crippen molar-refractivity contribution in [2.24, 2.45) is 17.6 Å². The number of carbonyl (C=O) groups excluding carboxylic acids is 3. The van der Waals surface area contributed by atoms with Gasteiger partial charge in [-0.25, -0.2) is 4.79 Å². The van der Waals surface area contributed by atoms with Crippen molar-refractivity contribution in [1.82, 2.24) is 10.6 Å². The van der Waals surface area contributed by atoms with Gasteiger partial charge in [-0.05, 0) is 37.2 Å². The maximum absolute atomic E-state index is 12.8. The minimum absolute atomic E-state index is 0.0298. The molecule has 2 aliphatic rings. The van der Waals surface area contributed by atoms with Crippen molar-refractivity contribution in [2.45, 2.75) is 76.0 Å². The smallest absolute Gasteiger partial charge is 0.405 e. The number of nitrogens with one attached hydrogen (secondary N) is 2. The molecular weight excluding hydrogens is 410 g/mol. The van der Waals surface area contributed by atoms with E-state index in [0.717, 1.165) is 37.7 Å². The van der Waals surface area contributed by atoms with Crippen LogP contribution in [0.4, 0.5) is 4.79 Å². The summed E-state index contributed by atoms with van der Waals surface area (Å²) in [6, 6.07) is 9.39. The van der Waals surface area contributed by atoms with Crippen LogP contribution in [-0.4, -0.2) is 47.8 Å². The summed E-state index contributed by atoms with van der Waals surface area (Å²) in [6.45, 7) is -0.300. The van der Waals surface area contributed by atoms with E-state index in [0.29, 0.717) is 25.2 Å². The molecule has 8 nitrogen and oxygen atoms in total. The predicted molar refractivity (Wildman–Crippen MR) is 119 cm³/mol. The molecule has 0 radical (unpaired) electrons. The van der Waals surface area contributed by atoms with E-state index in [1.807, 2.05) is 30.3 Å². The van der Waals surface area contributed by atoms with Crippen molar-refractivity contribution in [3.8, 4) is 0 Å². The molecule has 8 heteroatoms. The number of primary amides is 1. The van der Waals surface area contributed by atoms with E-state index in [9.17, 15) is 19.5 Å². The van der Waals surface area contributed by atoms with Crippen LogP contribution in [0.1, 0.15) is 56.9 Å². The SMILES string of the molecule is NC(=O)O[C@@H](CC1CCCCC1)C(=O)NC(CO)CC1CC(Cc2ccccc2)NC1=O. The van der Waals surface area contributed by atoms with Crippen LogP contribution in [0.25, 0.3) is 0 Å². The highest BCUT2D eigenvalue weighted by molar-refractivity contribution is 5.84. The number of aliphatic hydroxyl groups excluding tert-OH is 1. The Labute approximate surface area is 189 Å². The van der Waals surface area contributed by atoms with Gasteiger partial charge in [0.25, 0.3) is 5.91 Å². The lowest BCUT2D eigenvalue weighted by Crippen LogP contribution is -2.47. The number of hydrogen-bond acceptors (Lipinski definition) is 5.